The van der Waals surface area contributed by atoms with Crippen molar-refractivity contribution in [3.63, 3.8) is 0 Å². The van der Waals surface area contributed by atoms with Gasteiger partial charge >= 0.3 is 0 Å². The second kappa shape index (κ2) is 8.06. The van der Waals surface area contributed by atoms with Crippen LogP contribution in [0.3, 0.4) is 0 Å². The van der Waals surface area contributed by atoms with Crippen LogP contribution >= 0.6 is 23.2 Å². The molecule has 1 aliphatic carbocycles. The molecule has 3 aromatic carbocycles. The number of rotatable bonds is 4. The van der Waals surface area contributed by atoms with Gasteiger partial charge in [-0.05, 0) is 54.2 Å². The van der Waals surface area contributed by atoms with Gasteiger partial charge in [0, 0.05) is 18.0 Å². The minimum atomic E-state index is 0.311. The van der Waals surface area contributed by atoms with Crippen LogP contribution in [0, 0.1) is 0 Å². The first-order chi connectivity index (χ1) is 13.1. The fraction of sp³-hybridized carbons (Fsp3) is 0.250. The summed E-state index contributed by atoms with van der Waals surface area (Å²) in [4.78, 5) is 0. The Morgan fingerprint density at radius 2 is 1.52 bits per heavy atom. The highest BCUT2D eigenvalue weighted by atomic mass is 35.5. The highest BCUT2D eigenvalue weighted by Gasteiger charge is 2.29. The van der Waals surface area contributed by atoms with Gasteiger partial charge in [0.15, 0.2) is 0 Å². The average molecular weight is 396 g/mol. The average Bonchev–Trinajstić information content (AvgIpc) is 2.71. The first-order valence-electron chi connectivity index (χ1n) is 9.48. The second-order valence-corrected chi connectivity index (χ2v) is 8.10. The Kier molecular flexibility index (Phi) is 5.54. The molecular formula is C24H23Cl2N. The van der Waals surface area contributed by atoms with E-state index in [1.54, 1.807) is 0 Å². The van der Waals surface area contributed by atoms with E-state index in [0.29, 0.717) is 28.0 Å². The van der Waals surface area contributed by atoms with E-state index in [0.717, 1.165) is 12.8 Å². The van der Waals surface area contributed by atoms with Crippen LogP contribution in [0.5, 0.6) is 0 Å². The SMILES string of the molecule is C[C@@H](N[C@@H]1CC[C@@H](c2ccc(Cl)c(Cl)c2)c2ccccc21)c1ccccc1. The van der Waals surface area contributed by atoms with Crippen LogP contribution in [0.1, 0.15) is 60.0 Å². The zero-order chi connectivity index (χ0) is 18.8. The van der Waals surface area contributed by atoms with E-state index in [1.807, 2.05) is 12.1 Å². The van der Waals surface area contributed by atoms with E-state index in [2.05, 4.69) is 72.9 Å². The lowest BCUT2D eigenvalue weighted by atomic mass is 9.76. The fourth-order valence-electron chi connectivity index (χ4n) is 4.18. The smallest absolute Gasteiger partial charge is 0.0595 e. The van der Waals surface area contributed by atoms with Gasteiger partial charge in [-0.3, -0.25) is 0 Å². The van der Waals surface area contributed by atoms with E-state index in [4.69, 9.17) is 23.2 Å². The van der Waals surface area contributed by atoms with Crippen molar-refractivity contribution in [2.75, 3.05) is 0 Å². The molecule has 0 saturated carbocycles. The van der Waals surface area contributed by atoms with Gasteiger partial charge < -0.3 is 5.32 Å². The maximum atomic E-state index is 6.28. The Morgan fingerprint density at radius 1 is 0.815 bits per heavy atom. The van der Waals surface area contributed by atoms with Gasteiger partial charge in [-0.1, -0.05) is 83.9 Å². The Hall–Kier alpha value is -1.80. The largest absolute Gasteiger partial charge is 0.303 e. The van der Waals surface area contributed by atoms with Gasteiger partial charge in [0.25, 0.3) is 0 Å². The van der Waals surface area contributed by atoms with Gasteiger partial charge in [-0.2, -0.15) is 0 Å². The van der Waals surface area contributed by atoms with Crippen LogP contribution < -0.4 is 5.32 Å². The Balaban J connectivity index is 1.62. The van der Waals surface area contributed by atoms with E-state index >= 15 is 0 Å². The molecule has 3 aromatic rings. The van der Waals surface area contributed by atoms with E-state index < -0.39 is 0 Å². The van der Waals surface area contributed by atoms with Crippen LogP contribution in [0.4, 0.5) is 0 Å². The lowest BCUT2D eigenvalue weighted by Crippen LogP contribution is -2.29. The van der Waals surface area contributed by atoms with E-state index in [1.165, 1.54) is 22.3 Å². The van der Waals surface area contributed by atoms with Crippen molar-refractivity contribution in [2.45, 2.75) is 37.8 Å². The Labute approximate surface area is 171 Å². The second-order valence-electron chi connectivity index (χ2n) is 7.28. The topological polar surface area (TPSA) is 12.0 Å². The monoisotopic (exact) mass is 395 g/mol. The summed E-state index contributed by atoms with van der Waals surface area (Å²) >= 11 is 12.4. The molecule has 0 unspecified atom stereocenters. The molecule has 0 amide bonds. The predicted molar refractivity (Wildman–Crippen MR) is 115 cm³/mol. The molecule has 138 valence electrons. The molecule has 0 saturated heterocycles. The summed E-state index contributed by atoms with van der Waals surface area (Å²) in [6, 6.07) is 26.1. The molecule has 1 N–H and O–H groups in total. The van der Waals surface area contributed by atoms with Crippen molar-refractivity contribution in [1.29, 1.82) is 0 Å². The van der Waals surface area contributed by atoms with Crippen molar-refractivity contribution in [1.82, 2.24) is 5.32 Å². The van der Waals surface area contributed by atoms with Crippen LogP contribution in [-0.2, 0) is 0 Å². The molecule has 0 fully saturated rings. The molecule has 0 aliphatic heterocycles. The van der Waals surface area contributed by atoms with Crippen LogP contribution in [0.2, 0.25) is 10.0 Å². The highest BCUT2D eigenvalue weighted by Crippen LogP contribution is 2.43. The molecule has 0 aromatic heterocycles. The molecule has 0 heterocycles. The maximum Gasteiger partial charge on any atom is 0.0595 e. The molecule has 0 radical (unpaired) electrons. The molecule has 3 atom stereocenters. The Bertz CT molecular complexity index is 923. The number of halogens is 2. The molecule has 0 spiro atoms. The van der Waals surface area contributed by atoms with Crippen LogP contribution in [0.15, 0.2) is 72.8 Å². The third kappa shape index (κ3) is 3.91. The van der Waals surface area contributed by atoms with Crippen molar-refractivity contribution < 1.29 is 0 Å². The lowest BCUT2D eigenvalue weighted by Gasteiger charge is -2.34. The molecule has 3 heteroatoms. The minimum absolute atomic E-state index is 0.311. The predicted octanol–water partition coefficient (Wildman–Crippen LogP) is 7.31. The summed E-state index contributed by atoms with van der Waals surface area (Å²) in [5.41, 5.74) is 5.34. The molecular weight excluding hydrogens is 373 g/mol. The normalized spacial score (nSPS) is 20.1. The van der Waals surface area contributed by atoms with Gasteiger partial charge in [-0.25, -0.2) is 0 Å². The van der Waals surface area contributed by atoms with Crippen molar-refractivity contribution in [3.05, 3.63) is 105 Å². The summed E-state index contributed by atoms with van der Waals surface area (Å²) in [5.74, 6) is 0.362. The quantitative estimate of drug-likeness (QED) is 0.487. The minimum Gasteiger partial charge on any atom is -0.303 e. The lowest BCUT2D eigenvalue weighted by molar-refractivity contribution is 0.402. The van der Waals surface area contributed by atoms with E-state index in [9.17, 15) is 0 Å². The van der Waals surface area contributed by atoms with Gasteiger partial charge in [0.2, 0.25) is 0 Å². The first-order valence-corrected chi connectivity index (χ1v) is 10.2. The van der Waals surface area contributed by atoms with Gasteiger partial charge in [-0.15, -0.1) is 0 Å². The number of hydrogen-bond acceptors (Lipinski definition) is 1. The molecule has 1 nitrogen and oxygen atoms in total. The summed E-state index contributed by atoms with van der Waals surface area (Å²) in [7, 11) is 0. The molecule has 0 bridgehead atoms. The summed E-state index contributed by atoms with van der Waals surface area (Å²) in [6.07, 6.45) is 2.19. The summed E-state index contributed by atoms with van der Waals surface area (Å²) in [6.45, 7) is 2.24. The molecule has 27 heavy (non-hydrogen) atoms. The molecule has 1 aliphatic rings. The fourth-order valence-corrected chi connectivity index (χ4v) is 4.48. The van der Waals surface area contributed by atoms with Gasteiger partial charge in [0.05, 0.1) is 10.0 Å². The zero-order valence-corrected chi connectivity index (χ0v) is 16.8. The zero-order valence-electron chi connectivity index (χ0n) is 15.3. The molecule has 4 rings (SSSR count). The highest BCUT2D eigenvalue weighted by molar-refractivity contribution is 6.42. The number of benzene rings is 3. The third-order valence-corrected chi connectivity index (χ3v) is 6.33. The number of nitrogens with one attached hydrogen (secondary N) is 1. The van der Waals surface area contributed by atoms with Crippen molar-refractivity contribution in [3.8, 4) is 0 Å². The first kappa shape index (κ1) is 18.6. The van der Waals surface area contributed by atoms with Crippen molar-refractivity contribution in [2.24, 2.45) is 0 Å². The summed E-state index contributed by atoms with van der Waals surface area (Å²) in [5, 5.41) is 5.08. The van der Waals surface area contributed by atoms with Gasteiger partial charge in [0.1, 0.15) is 0 Å². The standard InChI is InChI=1S/C24H23Cl2N/c1-16(17-7-3-2-4-8-17)27-24-14-12-19(20-9-5-6-10-21(20)24)18-11-13-22(25)23(26)15-18/h2-11,13,15-16,19,24,27H,12,14H2,1H3/t16-,19+,24-/m1/s1. The number of fused-ring (bicyclic) bond motifs is 1. The number of hydrogen-bond donors (Lipinski definition) is 1. The van der Waals surface area contributed by atoms with Crippen molar-refractivity contribution >= 4 is 23.2 Å². The Morgan fingerprint density at radius 3 is 2.26 bits per heavy atom. The van der Waals surface area contributed by atoms with Crippen LogP contribution in [-0.4, -0.2) is 0 Å². The summed E-state index contributed by atoms with van der Waals surface area (Å²) < 4.78 is 0. The van der Waals surface area contributed by atoms with Crippen LogP contribution in [0.25, 0.3) is 0 Å². The maximum absolute atomic E-state index is 6.28. The van der Waals surface area contributed by atoms with E-state index in [-0.39, 0.29) is 0 Å². The third-order valence-electron chi connectivity index (χ3n) is 5.59.